The van der Waals surface area contributed by atoms with Crippen LogP contribution in [-0.4, -0.2) is 11.1 Å². The van der Waals surface area contributed by atoms with E-state index >= 15 is 0 Å². The summed E-state index contributed by atoms with van der Waals surface area (Å²) in [5, 5.41) is 17.3. The van der Waals surface area contributed by atoms with E-state index in [0.29, 0.717) is 11.1 Å². The van der Waals surface area contributed by atoms with Gasteiger partial charge in [-0.1, -0.05) is 12.1 Å². The lowest BCUT2D eigenvalue weighted by atomic mass is 10.0. The highest BCUT2D eigenvalue weighted by molar-refractivity contribution is 5.89. The van der Waals surface area contributed by atoms with Crippen LogP contribution in [0.1, 0.15) is 23.6 Å². The highest BCUT2D eigenvalue weighted by atomic mass is 16.4. The van der Waals surface area contributed by atoms with E-state index in [2.05, 4.69) is 6.07 Å². The van der Waals surface area contributed by atoms with Crippen molar-refractivity contribution in [2.75, 3.05) is 0 Å². The van der Waals surface area contributed by atoms with Crippen molar-refractivity contribution < 1.29 is 9.90 Å². The summed E-state index contributed by atoms with van der Waals surface area (Å²) < 4.78 is 0. The Hall–Kier alpha value is -2.08. The smallest absolute Gasteiger partial charge is 0.328 e. The monoisotopic (exact) mass is 201 g/mol. The maximum atomic E-state index is 10.5. The van der Waals surface area contributed by atoms with E-state index in [1.54, 1.807) is 19.1 Å². The molecule has 1 N–H and O–H groups in total. The summed E-state index contributed by atoms with van der Waals surface area (Å²) >= 11 is 0. The third kappa shape index (κ3) is 2.68. The van der Waals surface area contributed by atoms with Crippen LogP contribution in [-0.2, 0) is 4.79 Å². The molecule has 76 valence electrons. The number of rotatable bonds is 2. The Morgan fingerprint density at radius 1 is 1.53 bits per heavy atom. The summed E-state index contributed by atoms with van der Waals surface area (Å²) in [7, 11) is 0. The predicted octanol–water partition coefficient (Wildman–Crippen LogP) is 2.35. The molecule has 0 fully saturated rings. The topological polar surface area (TPSA) is 61.1 Å². The van der Waals surface area contributed by atoms with Crippen molar-refractivity contribution in [3.05, 3.63) is 41.0 Å². The maximum Gasteiger partial charge on any atom is 0.328 e. The van der Waals surface area contributed by atoms with E-state index in [0.717, 1.165) is 17.2 Å². The van der Waals surface area contributed by atoms with Gasteiger partial charge in [-0.2, -0.15) is 5.26 Å². The minimum Gasteiger partial charge on any atom is -0.478 e. The van der Waals surface area contributed by atoms with E-state index < -0.39 is 5.97 Å². The van der Waals surface area contributed by atoms with Gasteiger partial charge in [-0.3, -0.25) is 0 Å². The minimum absolute atomic E-state index is 0.613. The van der Waals surface area contributed by atoms with Gasteiger partial charge in [0.2, 0.25) is 0 Å². The lowest BCUT2D eigenvalue weighted by Crippen LogP contribution is -1.91. The molecular formula is C12H11NO2. The molecule has 3 nitrogen and oxygen atoms in total. The fourth-order valence-corrected chi connectivity index (χ4v) is 1.30. The number of hydrogen-bond acceptors (Lipinski definition) is 2. The molecule has 0 aliphatic carbocycles. The van der Waals surface area contributed by atoms with Gasteiger partial charge >= 0.3 is 5.97 Å². The van der Waals surface area contributed by atoms with Gasteiger partial charge in [0.1, 0.15) is 0 Å². The Morgan fingerprint density at radius 2 is 2.20 bits per heavy atom. The number of aryl methyl sites for hydroxylation is 1. The molecule has 0 saturated carbocycles. The van der Waals surface area contributed by atoms with Crippen LogP contribution in [0.3, 0.4) is 0 Å². The average molecular weight is 201 g/mol. The van der Waals surface area contributed by atoms with Crippen molar-refractivity contribution >= 4 is 11.5 Å². The predicted molar refractivity (Wildman–Crippen MR) is 57.2 cm³/mol. The first-order valence-electron chi connectivity index (χ1n) is 4.47. The third-order valence-corrected chi connectivity index (χ3v) is 2.14. The van der Waals surface area contributed by atoms with Gasteiger partial charge in [-0.05, 0) is 36.6 Å². The number of carbonyl (C=O) groups is 1. The van der Waals surface area contributed by atoms with Gasteiger partial charge in [0.25, 0.3) is 0 Å². The Labute approximate surface area is 88.3 Å². The molecule has 0 unspecified atom stereocenters. The highest BCUT2D eigenvalue weighted by Crippen LogP contribution is 2.17. The van der Waals surface area contributed by atoms with Crippen LogP contribution >= 0.6 is 0 Å². The summed E-state index contributed by atoms with van der Waals surface area (Å²) in [6, 6.07) is 7.33. The highest BCUT2D eigenvalue weighted by Gasteiger charge is 2.02. The molecule has 0 radical (unpaired) electrons. The first-order valence-corrected chi connectivity index (χ1v) is 4.47. The second-order valence-electron chi connectivity index (χ2n) is 3.31. The van der Waals surface area contributed by atoms with Crippen molar-refractivity contribution in [1.29, 1.82) is 5.26 Å². The van der Waals surface area contributed by atoms with Crippen LogP contribution in [0.2, 0.25) is 0 Å². The number of hydrogen-bond donors (Lipinski definition) is 1. The van der Waals surface area contributed by atoms with E-state index in [-0.39, 0.29) is 0 Å². The Bertz CT molecular complexity index is 467. The summed E-state index contributed by atoms with van der Waals surface area (Å²) in [4.78, 5) is 10.5. The van der Waals surface area contributed by atoms with Crippen molar-refractivity contribution in [1.82, 2.24) is 0 Å². The zero-order valence-electron chi connectivity index (χ0n) is 8.61. The third-order valence-electron chi connectivity index (χ3n) is 2.14. The SMILES string of the molecule is C/C(=C/C(=O)O)c1ccc(C#N)c(C)c1. The molecule has 0 atom stereocenters. The van der Waals surface area contributed by atoms with Gasteiger partial charge in [0, 0.05) is 6.08 Å². The number of allylic oxidation sites excluding steroid dienone is 1. The molecule has 1 rings (SSSR count). The fraction of sp³-hybridized carbons (Fsp3) is 0.167. The number of nitrogens with zero attached hydrogens (tertiary/aromatic N) is 1. The zero-order chi connectivity index (χ0) is 11.4. The molecule has 0 heterocycles. The number of nitriles is 1. The lowest BCUT2D eigenvalue weighted by Gasteiger charge is -2.03. The summed E-state index contributed by atoms with van der Waals surface area (Å²) in [6.07, 6.45) is 1.15. The first kappa shape index (κ1) is 11.0. The standard InChI is InChI=1S/C12H11NO2/c1-8-5-10(3-4-11(8)7-13)9(2)6-12(14)15/h3-6H,1-2H3,(H,14,15)/b9-6-. The molecule has 0 aliphatic rings. The number of aliphatic carboxylic acids is 1. The molecule has 0 spiro atoms. The normalized spacial score (nSPS) is 10.9. The quantitative estimate of drug-likeness (QED) is 0.747. The molecule has 0 bridgehead atoms. The first-order chi connectivity index (χ1) is 7.04. The van der Waals surface area contributed by atoms with Crippen LogP contribution in [0.15, 0.2) is 24.3 Å². The average Bonchev–Trinajstić information content (AvgIpc) is 2.16. The van der Waals surface area contributed by atoms with Gasteiger partial charge in [0.05, 0.1) is 11.6 Å². The van der Waals surface area contributed by atoms with E-state index in [4.69, 9.17) is 10.4 Å². The molecular weight excluding hydrogens is 190 g/mol. The van der Waals surface area contributed by atoms with Gasteiger partial charge in [-0.15, -0.1) is 0 Å². The number of carboxylic acids is 1. The molecule has 3 heteroatoms. The van der Waals surface area contributed by atoms with Crippen LogP contribution in [0, 0.1) is 18.3 Å². The summed E-state index contributed by atoms with van der Waals surface area (Å²) in [5.41, 5.74) is 2.97. The second-order valence-corrected chi connectivity index (χ2v) is 3.31. The van der Waals surface area contributed by atoms with Crippen molar-refractivity contribution in [2.24, 2.45) is 0 Å². The zero-order valence-corrected chi connectivity index (χ0v) is 8.61. The number of carboxylic acid groups (broad SMARTS) is 1. The molecule has 0 amide bonds. The summed E-state index contributed by atoms with van der Waals surface area (Å²) in [6.45, 7) is 3.56. The Balaban J connectivity index is 3.14. The van der Waals surface area contributed by atoms with Gasteiger partial charge in [0.15, 0.2) is 0 Å². The van der Waals surface area contributed by atoms with Crippen molar-refractivity contribution in [3.63, 3.8) is 0 Å². The van der Waals surface area contributed by atoms with Gasteiger partial charge in [-0.25, -0.2) is 4.79 Å². The molecule has 1 aromatic rings. The fourth-order valence-electron chi connectivity index (χ4n) is 1.30. The van der Waals surface area contributed by atoms with Gasteiger partial charge < -0.3 is 5.11 Å². The molecule has 0 saturated heterocycles. The molecule has 15 heavy (non-hydrogen) atoms. The van der Waals surface area contributed by atoms with Crippen LogP contribution in [0.25, 0.3) is 5.57 Å². The molecule has 1 aromatic carbocycles. The minimum atomic E-state index is -0.963. The van der Waals surface area contributed by atoms with Crippen LogP contribution in [0.4, 0.5) is 0 Å². The van der Waals surface area contributed by atoms with E-state index in [9.17, 15) is 4.79 Å². The lowest BCUT2D eigenvalue weighted by molar-refractivity contribution is -0.131. The largest absolute Gasteiger partial charge is 0.478 e. The molecule has 0 aliphatic heterocycles. The summed E-state index contributed by atoms with van der Waals surface area (Å²) in [5.74, 6) is -0.963. The van der Waals surface area contributed by atoms with E-state index in [1.165, 1.54) is 0 Å². The van der Waals surface area contributed by atoms with Crippen LogP contribution < -0.4 is 0 Å². The Morgan fingerprint density at radius 3 is 2.67 bits per heavy atom. The van der Waals surface area contributed by atoms with Crippen molar-refractivity contribution in [3.8, 4) is 6.07 Å². The molecule has 0 aromatic heterocycles. The second kappa shape index (κ2) is 4.43. The van der Waals surface area contributed by atoms with E-state index in [1.807, 2.05) is 13.0 Å². The number of benzene rings is 1. The Kier molecular flexibility index (Phi) is 3.25. The van der Waals surface area contributed by atoms with Crippen molar-refractivity contribution in [2.45, 2.75) is 13.8 Å². The maximum absolute atomic E-state index is 10.5. The van der Waals surface area contributed by atoms with Crippen LogP contribution in [0.5, 0.6) is 0 Å².